The molecule has 158 valence electrons. The third-order valence-corrected chi connectivity index (χ3v) is 5.05. The summed E-state index contributed by atoms with van der Waals surface area (Å²) in [5.74, 6) is -4.39. The van der Waals surface area contributed by atoms with Crippen LogP contribution in [0, 0.1) is 34.5 Å². The highest BCUT2D eigenvalue weighted by atomic mass is 19.2. The van der Waals surface area contributed by atoms with Crippen LogP contribution in [-0.4, -0.2) is 47.7 Å². The fraction of sp³-hybridized carbons (Fsp3) is 0.300. The number of Topliss-reactive ketones (excluding diaryl/α,β-unsaturated/α-hetero) is 1. The van der Waals surface area contributed by atoms with Crippen LogP contribution in [0.4, 0.5) is 24.5 Å². The van der Waals surface area contributed by atoms with Gasteiger partial charge in [-0.3, -0.25) is 19.7 Å². The van der Waals surface area contributed by atoms with Crippen LogP contribution in [0.2, 0.25) is 0 Å². The van der Waals surface area contributed by atoms with Crippen molar-refractivity contribution in [2.24, 2.45) is 0 Å². The normalized spacial score (nSPS) is 14.0. The number of hydrogen-bond acceptors (Lipinski definition) is 5. The number of anilines is 1. The highest BCUT2D eigenvalue weighted by Gasteiger charge is 2.30. The number of ketones is 1. The van der Waals surface area contributed by atoms with Gasteiger partial charge in [-0.1, -0.05) is 0 Å². The molecule has 2 aromatic carbocycles. The number of aryl methyl sites for hydroxylation is 1. The molecule has 1 heterocycles. The van der Waals surface area contributed by atoms with Crippen molar-refractivity contribution < 1.29 is 27.7 Å². The van der Waals surface area contributed by atoms with Gasteiger partial charge >= 0.3 is 0 Å². The van der Waals surface area contributed by atoms with Crippen LogP contribution in [0.15, 0.2) is 24.3 Å². The fourth-order valence-corrected chi connectivity index (χ4v) is 3.47. The van der Waals surface area contributed by atoms with Gasteiger partial charge in [-0.2, -0.15) is 0 Å². The SMILES string of the molecule is CC(=O)c1cc(F)c(N2CCN(C(=O)c3cc(F)c(F)cc3[N+](=O)[O-])CC2)cc1C. The van der Waals surface area contributed by atoms with E-state index in [2.05, 4.69) is 0 Å². The molecule has 0 radical (unpaired) electrons. The molecule has 3 rings (SSSR count). The van der Waals surface area contributed by atoms with Crippen molar-refractivity contribution in [1.82, 2.24) is 4.90 Å². The molecule has 0 atom stereocenters. The first kappa shape index (κ1) is 21.3. The first-order valence-corrected chi connectivity index (χ1v) is 9.09. The Bertz CT molecular complexity index is 1050. The van der Waals surface area contributed by atoms with Gasteiger partial charge in [-0.05, 0) is 37.6 Å². The van der Waals surface area contributed by atoms with E-state index in [0.29, 0.717) is 17.7 Å². The second-order valence-corrected chi connectivity index (χ2v) is 6.99. The third kappa shape index (κ3) is 3.98. The zero-order valence-electron chi connectivity index (χ0n) is 16.2. The molecule has 0 bridgehead atoms. The predicted octanol–water partition coefficient (Wildman–Crippen LogP) is 3.49. The lowest BCUT2D eigenvalue weighted by atomic mass is 10.0. The lowest BCUT2D eigenvalue weighted by Gasteiger charge is -2.36. The minimum Gasteiger partial charge on any atom is -0.366 e. The van der Waals surface area contributed by atoms with Crippen LogP contribution >= 0.6 is 0 Å². The minimum absolute atomic E-state index is 0.0991. The highest BCUT2D eigenvalue weighted by molar-refractivity contribution is 5.98. The molecule has 10 heteroatoms. The second-order valence-electron chi connectivity index (χ2n) is 6.99. The van der Waals surface area contributed by atoms with Gasteiger partial charge in [0.25, 0.3) is 11.6 Å². The van der Waals surface area contributed by atoms with Gasteiger partial charge in [0.15, 0.2) is 17.4 Å². The summed E-state index contributed by atoms with van der Waals surface area (Å²) in [6.45, 7) is 3.69. The molecule has 1 aliphatic rings. The molecule has 30 heavy (non-hydrogen) atoms. The smallest absolute Gasteiger partial charge is 0.285 e. The molecule has 2 aromatic rings. The number of halogens is 3. The Morgan fingerprint density at radius 3 is 2.07 bits per heavy atom. The molecule has 0 unspecified atom stereocenters. The van der Waals surface area contributed by atoms with Gasteiger partial charge < -0.3 is 9.80 Å². The van der Waals surface area contributed by atoms with Crippen LogP contribution < -0.4 is 4.90 Å². The average molecular weight is 421 g/mol. The van der Waals surface area contributed by atoms with Gasteiger partial charge in [-0.25, -0.2) is 13.2 Å². The number of benzene rings is 2. The van der Waals surface area contributed by atoms with E-state index in [4.69, 9.17) is 0 Å². The largest absolute Gasteiger partial charge is 0.366 e. The number of nitro benzene ring substituents is 1. The Labute approximate surface area is 169 Å². The molecule has 1 aliphatic heterocycles. The van der Waals surface area contributed by atoms with Crippen LogP contribution in [0.5, 0.6) is 0 Å². The van der Waals surface area contributed by atoms with Gasteiger partial charge in [0.2, 0.25) is 0 Å². The van der Waals surface area contributed by atoms with E-state index >= 15 is 0 Å². The van der Waals surface area contributed by atoms with E-state index in [1.54, 1.807) is 17.9 Å². The number of nitrogens with zero attached hydrogens (tertiary/aromatic N) is 3. The van der Waals surface area contributed by atoms with Crippen molar-refractivity contribution in [3.8, 4) is 0 Å². The Kier molecular flexibility index (Phi) is 5.77. The summed E-state index contributed by atoms with van der Waals surface area (Å²) >= 11 is 0. The van der Waals surface area contributed by atoms with Gasteiger partial charge in [0, 0.05) is 31.7 Å². The number of amides is 1. The molecule has 1 fully saturated rings. The van der Waals surface area contributed by atoms with Crippen molar-refractivity contribution in [2.45, 2.75) is 13.8 Å². The van der Waals surface area contributed by atoms with Crippen molar-refractivity contribution in [3.63, 3.8) is 0 Å². The van der Waals surface area contributed by atoms with Crippen LogP contribution in [0.3, 0.4) is 0 Å². The Balaban J connectivity index is 1.79. The lowest BCUT2D eigenvalue weighted by Crippen LogP contribution is -2.49. The van der Waals surface area contributed by atoms with E-state index in [0.717, 1.165) is 0 Å². The summed E-state index contributed by atoms with van der Waals surface area (Å²) < 4.78 is 41.4. The lowest BCUT2D eigenvalue weighted by molar-refractivity contribution is -0.385. The maximum Gasteiger partial charge on any atom is 0.285 e. The Morgan fingerprint density at radius 2 is 1.50 bits per heavy atom. The number of carbonyl (C=O) groups excluding carboxylic acids is 2. The van der Waals surface area contributed by atoms with Crippen molar-refractivity contribution in [1.29, 1.82) is 0 Å². The van der Waals surface area contributed by atoms with Crippen LogP contribution in [-0.2, 0) is 0 Å². The van der Waals surface area contributed by atoms with Crippen molar-refractivity contribution in [2.75, 3.05) is 31.1 Å². The zero-order valence-corrected chi connectivity index (χ0v) is 16.2. The van der Waals surface area contributed by atoms with E-state index in [1.807, 2.05) is 0 Å². The van der Waals surface area contributed by atoms with Crippen molar-refractivity contribution in [3.05, 3.63) is 68.5 Å². The van der Waals surface area contributed by atoms with Crippen LogP contribution in [0.1, 0.15) is 33.2 Å². The van der Waals surface area contributed by atoms with E-state index in [-0.39, 0.29) is 43.2 Å². The molecular formula is C20H18F3N3O4. The molecule has 0 aromatic heterocycles. The Hall–Kier alpha value is -3.43. The summed E-state index contributed by atoms with van der Waals surface area (Å²) in [4.78, 5) is 37.4. The first-order valence-electron chi connectivity index (χ1n) is 9.09. The van der Waals surface area contributed by atoms with Gasteiger partial charge in [0.05, 0.1) is 16.7 Å². The summed E-state index contributed by atoms with van der Waals surface area (Å²) in [6, 6.07) is 3.64. The molecule has 0 N–H and O–H groups in total. The second kappa shape index (κ2) is 8.13. The molecule has 0 aliphatic carbocycles. The maximum absolute atomic E-state index is 14.5. The third-order valence-electron chi connectivity index (χ3n) is 5.05. The maximum atomic E-state index is 14.5. The quantitative estimate of drug-likeness (QED) is 0.429. The molecule has 1 amide bonds. The molecular weight excluding hydrogens is 403 g/mol. The molecule has 0 saturated carbocycles. The van der Waals surface area contributed by atoms with E-state index in [1.165, 1.54) is 17.9 Å². The summed E-state index contributed by atoms with van der Waals surface area (Å²) in [7, 11) is 0. The number of nitro groups is 1. The number of piperazine rings is 1. The summed E-state index contributed by atoms with van der Waals surface area (Å²) in [6.07, 6.45) is 0. The number of carbonyl (C=O) groups is 2. The highest BCUT2D eigenvalue weighted by Crippen LogP contribution is 2.27. The summed E-state index contributed by atoms with van der Waals surface area (Å²) in [5.41, 5.74) is -0.169. The topological polar surface area (TPSA) is 83.8 Å². The van der Waals surface area contributed by atoms with E-state index < -0.39 is 39.5 Å². The molecule has 1 saturated heterocycles. The molecule has 0 spiro atoms. The Morgan fingerprint density at radius 1 is 0.933 bits per heavy atom. The fourth-order valence-electron chi connectivity index (χ4n) is 3.47. The first-order chi connectivity index (χ1) is 14.1. The number of hydrogen-bond donors (Lipinski definition) is 0. The van der Waals surface area contributed by atoms with Crippen molar-refractivity contribution >= 4 is 23.1 Å². The minimum atomic E-state index is -1.41. The monoisotopic (exact) mass is 421 g/mol. The summed E-state index contributed by atoms with van der Waals surface area (Å²) in [5, 5.41) is 11.1. The zero-order chi connectivity index (χ0) is 22.2. The standard InChI is InChI=1S/C20H18F3N3O4/c1-11-7-19(17(23)8-13(11)12(2)27)24-3-5-25(6-4-24)20(28)14-9-15(21)16(22)10-18(14)26(29)30/h7-10H,3-6H2,1-2H3. The number of rotatable bonds is 4. The van der Waals surface area contributed by atoms with Gasteiger partial charge in [0.1, 0.15) is 11.4 Å². The van der Waals surface area contributed by atoms with E-state index in [9.17, 15) is 32.9 Å². The van der Waals surface area contributed by atoms with Gasteiger partial charge in [-0.15, -0.1) is 0 Å². The average Bonchev–Trinajstić information content (AvgIpc) is 2.70. The predicted molar refractivity (Wildman–Crippen MR) is 102 cm³/mol. The van der Waals surface area contributed by atoms with Crippen LogP contribution in [0.25, 0.3) is 0 Å². The molecule has 7 nitrogen and oxygen atoms in total.